The summed E-state index contributed by atoms with van der Waals surface area (Å²) in [7, 11) is 0. The molecule has 1 saturated heterocycles. The quantitative estimate of drug-likeness (QED) is 0.872. The van der Waals surface area contributed by atoms with Crippen molar-refractivity contribution in [2.45, 2.75) is 45.2 Å². The van der Waals surface area contributed by atoms with Crippen LogP contribution in [0.4, 0.5) is 0 Å². The summed E-state index contributed by atoms with van der Waals surface area (Å²) >= 11 is 1.93. The van der Waals surface area contributed by atoms with Crippen LogP contribution in [0.3, 0.4) is 0 Å². The SMILES string of the molecule is CCc1ccc(CNC2(C)CCOCC2)s1. The van der Waals surface area contributed by atoms with Gasteiger partial charge < -0.3 is 10.1 Å². The second-order valence-electron chi connectivity index (χ2n) is 4.75. The number of nitrogens with one attached hydrogen (secondary N) is 1. The van der Waals surface area contributed by atoms with Crippen LogP contribution in [0.15, 0.2) is 12.1 Å². The van der Waals surface area contributed by atoms with Crippen molar-refractivity contribution < 1.29 is 4.74 Å². The van der Waals surface area contributed by atoms with E-state index in [1.54, 1.807) is 0 Å². The Hall–Kier alpha value is -0.380. The summed E-state index contributed by atoms with van der Waals surface area (Å²) in [4.78, 5) is 2.93. The van der Waals surface area contributed by atoms with Gasteiger partial charge in [-0.05, 0) is 38.3 Å². The summed E-state index contributed by atoms with van der Waals surface area (Å²) < 4.78 is 5.40. The van der Waals surface area contributed by atoms with Gasteiger partial charge in [0.25, 0.3) is 0 Å². The fourth-order valence-electron chi connectivity index (χ4n) is 2.01. The number of ether oxygens (including phenoxy) is 1. The smallest absolute Gasteiger partial charge is 0.0483 e. The third-order valence-corrected chi connectivity index (χ3v) is 4.58. The Morgan fingerprint density at radius 1 is 1.31 bits per heavy atom. The van der Waals surface area contributed by atoms with Crippen molar-refractivity contribution in [2.75, 3.05) is 13.2 Å². The summed E-state index contributed by atoms with van der Waals surface area (Å²) in [5, 5.41) is 3.68. The zero-order chi connectivity index (χ0) is 11.4. The Labute approximate surface area is 102 Å². The van der Waals surface area contributed by atoms with Gasteiger partial charge >= 0.3 is 0 Å². The van der Waals surface area contributed by atoms with Gasteiger partial charge in [-0.1, -0.05) is 6.92 Å². The number of rotatable bonds is 4. The molecule has 0 spiro atoms. The summed E-state index contributed by atoms with van der Waals surface area (Å²) in [6.07, 6.45) is 3.40. The molecule has 0 saturated carbocycles. The Balaban J connectivity index is 1.86. The van der Waals surface area contributed by atoms with E-state index in [1.165, 1.54) is 9.75 Å². The number of hydrogen-bond donors (Lipinski definition) is 1. The zero-order valence-electron chi connectivity index (χ0n) is 10.2. The van der Waals surface area contributed by atoms with Crippen molar-refractivity contribution in [3.05, 3.63) is 21.9 Å². The minimum atomic E-state index is 0.272. The van der Waals surface area contributed by atoms with Crippen molar-refractivity contribution in [1.82, 2.24) is 5.32 Å². The highest BCUT2D eigenvalue weighted by Gasteiger charge is 2.26. The molecule has 0 amide bonds. The van der Waals surface area contributed by atoms with E-state index in [0.717, 1.165) is 39.0 Å². The van der Waals surface area contributed by atoms with Gasteiger partial charge in [0.15, 0.2) is 0 Å². The van der Waals surface area contributed by atoms with Gasteiger partial charge in [0, 0.05) is 35.1 Å². The van der Waals surface area contributed by atoms with Gasteiger partial charge in [-0.15, -0.1) is 11.3 Å². The fourth-order valence-corrected chi connectivity index (χ4v) is 2.90. The maximum absolute atomic E-state index is 5.40. The lowest BCUT2D eigenvalue weighted by molar-refractivity contribution is 0.0447. The molecule has 1 aromatic heterocycles. The van der Waals surface area contributed by atoms with E-state index in [-0.39, 0.29) is 5.54 Å². The van der Waals surface area contributed by atoms with Crippen LogP contribution in [0, 0.1) is 0 Å². The van der Waals surface area contributed by atoms with Crippen LogP contribution in [0.25, 0.3) is 0 Å². The van der Waals surface area contributed by atoms with E-state index in [4.69, 9.17) is 4.74 Å². The first-order chi connectivity index (χ1) is 7.72. The number of aryl methyl sites for hydroxylation is 1. The molecular formula is C13H21NOS. The number of hydrogen-bond acceptors (Lipinski definition) is 3. The molecule has 16 heavy (non-hydrogen) atoms. The van der Waals surface area contributed by atoms with E-state index in [2.05, 4.69) is 31.3 Å². The molecule has 1 fully saturated rings. The van der Waals surface area contributed by atoms with Crippen molar-refractivity contribution in [3.8, 4) is 0 Å². The van der Waals surface area contributed by atoms with Gasteiger partial charge in [-0.2, -0.15) is 0 Å². The van der Waals surface area contributed by atoms with Crippen LogP contribution in [0.1, 0.15) is 36.4 Å². The van der Waals surface area contributed by atoms with Gasteiger partial charge in [0.05, 0.1) is 0 Å². The Bertz CT molecular complexity index is 328. The molecule has 3 heteroatoms. The molecule has 1 N–H and O–H groups in total. The zero-order valence-corrected chi connectivity index (χ0v) is 11.0. The molecule has 0 bridgehead atoms. The van der Waals surface area contributed by atoms with Crippen LogP contribution in [-0.4, -0.2) is 18.8 Å². The second kappa shape index (κ2) is 5.30. The van der Waals surface area contributed by atoms with Crippen LogP contribution >= 0.6 is 11.3 Å². The number of thiophene rings is 1. The van der Waals surface area contributed by atoms with Crippen molar-refractivity contribution >= 4 is 11.3 Å². The van der Waals surface area contributed by atoms with Crippen molar-refractivity contribution in [2.24, 2.45) is 0 Å². The molecule has 0 unspecified atom stereocenters. The standard InChI is InChI=1S/C13H21NOS/c1-3-11-4-5-12(16-11)10-14-13(2)6-8-15-9-7-13/h4-5,14H,3,6-10H2,1-2H3. The molecule has 2 heterocycles. The summed E-state index contributed by atoms with van der Waals surface area (Å²) in [6, 6.07) is 4.49. The summed E-state index contributed by atoms with van der Waals surface area (Å²) in [5.41, 5.74) is 0.272. The lowest BCUT2D eigenvalue weighted by Crippen LogP contribution is -2.46. The van der Waals surface area contributed by atoms with Gasteiger partial charge in [-0.3, -0.25) is 0 Å². The average Bonchev–Trinajstić information content (AvgIpc) is 2.75. The minimum absolute atomic E-state index is 0.272. The lowest BCUT2D eigenvalue weighted by atomic mass is 9.92. The van der Waals surface area contributed by atoms with Gasteiger partial charge in [0.2, 0.25) is 0 Å². The van der Waals surface area contributed by atoms with E-state index in [9.17, 15) is 0 Å². The molecule has 2 nitrogen and oxygen atoms in total. The normalized spacial score (nSPS) is 19.9. The molecule has 0 aliphatic carbocycles. The molecule has 0 radical (unpaired) electrons. The second-order valence-corrected chi connectivity index (χ2v) is 6.00. The molecular weight excluding hydrogens is 218 g/mol. The Morgan fingerprint density at radius 3 is 2.62 bits per heavy atom. The van der Waals surface area contributed by atoms with E-state index >= 15 is 0 Å². The molecule has 0 atom stereocenters. The van der Waals surface area contributed by atoms with Crippen molar-refractivity contribution in [3.63, 3.8) is 0 Å². The third-order valence-electron chi connectivity index (χ3n) is 3.35. The highest BCUT2D eigenvalue weighted by molar-refractivity contribution is 7.11. The first-order valence-corrected chi connectivity index (χ1v) is 6.94. The molecule has 1 aromatic rings. The van der Waals surface area contributed by atoms with Crippen LogP contribution in [0.2, 0.25) is 0 Å². The topological polar surface area (TPSA) is 21.3 Å². The maximum atomic E-state index is 5.40. The van der Waals surface area contributed by atoms with E-state index < -0.39 is 0 Å². The molecule has 1 aliphatic heterocycles. The predicted molar refractivity (Wildman–Crippen MR) is 69.0 cm³/mol. The van der Waals surface area contributed by atoms with Crippen molar-refractivity contribution in [1.29, 1.82) is 0 Å². The van der Waals surface area contributed by atoms with E-state index in [0.29, 0.717) is 0 Å². The van der Waals surface area contributed by atoms with Crippen LogP contribution in [-0.2, 0) is 17.7 Å². The maximum Gasteiger partial charge on any atom is 0.0483 e. The summed E-state index contributed by atoms with van der Waals surface area (Å²) in [5.74, 6) is 0. The Kier molecular flexibility index (Phi) is 4.00. The fraction of sp³-hybridized carbons (Fsp3) is 0.692. The lowest BCUT2D eigenvalue weighted by Gasteiger charge is -2.34. The third kappa shape index (κ3) is 3.06. The van der Waals surface area contributed by atoms with Gasteiger partial charge in [-0.25, -0.2) is 0 Å². The first-order valence-electron chi connectivity index (χ1n) is 6.12. The highest BCUT2D eigenvalue weighted by atomic mass is 32.1. The highest BCUT2D eigenvalue weighted by Crippen LogP contribution is 2.22. The van der Waals surface area contributed by atoms with Crippen LogP contribution in [0.5, 0.6) is 0 Å². The monoisotopic (exact) mass is 239 g/mol. The largest absolute Gasteiger partial charge is 0.381 e. The van der Waals surface area contributed by atoms with E-state index in [1.807, 2.05) is 11.3 Å². The predicted octanol–water partition coefficient (Wildman–Crippen LogP) is 2.97. The molecule has 90 valence electrons. The first kappa shape index (κ1) is 12.1. The Morgan fingerprint density at radius 2 is 2.00 bits per heavy atom. The van der Waals surface area contributed by atoms with Gasteiger partial charge in [0.1, 0.15) is 0 Å². The minimum Gasteiger partial charge on any atom is -0.381 e. The molecule has 2 rings (SSSR count). The molecule has 0 aromatic carbocycles. The average molecular weight is 239 g/mol. The summed E-state index contributed by atoms with van der Waals surface area (Å²) in [6.45, 7) is 7.32. The van der Waals surface area contributed by atoms with Crippen LogP contribution < -0.4 is 5.32 Å². The molecule has 1 aliphatic rings.